The smallest absolute Gasteiger partial charge is 0.336 e. The van der Waals surface area contributed by atoms with Crippen molar-refractivity contribution in [3.63, 3.8) is 0 Å². The van der Waals surface area contributed by atoms with Gasteiger partial charge in [0.1, 0.15) is 5.82 Å². The van der Waals surface area contributed by atoms with E-state index in [1.807, 2.05) is 0 Å². The van der Waals surface area contributed by atoms with Crippen LogP contribution < -0.4 is 4.90 Å². The monoisotopic (exact) mass is 323 g/mol. The standard InChI is InChI=1S/C14H11BrFNO2/c1-17(10-4-2-3-9(16)7-10)11-5-6-12(14(18)19)13(15)8-11/h2-8H,1H3,(H,18,19). The summed E-state index contributed by atoms with van der Waals surface area (Å²) >= 11 is 3.22. The van der Waals surface area contributed by atoms with Gasteiger partial charge in [0.2, 0.25) is 0 Å². The molecule has 0 aliphatic heterocycles. The van der Waals surface area contributed by atoms with Crippen LogP contribution in [0.3, 0.4) is 0 Å². The first-order chi connectivity index (χ1) is 8.99. The third kappa shape index (κ3) is 2.93. The van der Waals surface area contributed by atoms with Crippen molar-refractivity contribution in [2.75, 3.05) is 11.9 Å². The molecule has 0 radical (unpaired) electrons. The summed E-state index contributed by atoms with van der Waals surface area (Å²) in [6.45, 7) is 0. The van der Waals surface area contributed by atoms with E-state index in [0.29, 0.717) is 10.2 Å². The molecule has 0 saturated carbocycles. The Bertz CT molecular complexity index is 631. The van der Waals surface area contributed by atoms with Gasteiger partial charge in [-0.2, -0.15) is 0 Å². The second-order valence-electron chi connectivity index (χ2n) is 4.01. The van der Waals surface area contributed by atoms with Gasteiger partial charge < -0.3 is 10.0 Å². The Kier molecular flexibility index (Phi) is 3.85. The first kappa shape index (κ1) is 13.5. The van der Waals surface area contributed by atoms with Crippen LogP contribution in [0.2, 0.25) is 0 Å². The molecule has 19 heavy (non-hydrogen) atoms. The molecule has 2 aromatic carbocycles. The number of nitrogens with zero attached hydrogens (tertiary/aromatic N) is 1. The molecule has 0 atom stereocenters. The fraction of sp³-hybridized carbons (Fsp3) is 0.0714. The Labute approximate surface area is 118 Å². The lowest BCUT2D eigenvalue weighted by molar-refractivity contribution is 0.0696. The summed E-state index contributed by atoms with van der Waals surface area (Å²) in [5.41, 5.74) is 1.65. The molecule has 2 aromatic rings. The van der Waals surface area contributed by atoms with Crippen molar-refractivity contribution in [2.45, 2.75) is 0 Å². The van der Waals surface area contributed by atoms with Crippen LogP contribution in [0.5, 0.6) is 0 Å². The van der Waals surface area contributed by atoms with Crippen LogP contribution in [0.25, 0.3) is 0 Å². The highest BCUT2D eigenvalue weighted by molar-refractivity contribution is 9.10. The lowest BCUT2D eigenvalue weighted by atomic mass is 10.2. The highest BCUT2D eigenvalue weighted by Gasteiger charge is 2.11. The molecule has 0 spiro atoms. The second kappa shape index (κ2) is 5.40. The normalized spacial score (nSPS) is 10.3. The number of rotatable bonds is 3. The molecule has 1 N–H and O–H groups in total. The van der Waals surface area contributed by atoms with E-state index in [1.165, 1.54) is 18.2 Å². The van der Waals surface area contributed by atoms with Crippen molar-refractivity contribution in [1.29, 1.82) is 0 Å². The fourth-order valence-electron chi connectivity index (χ4n) is 1.72. The van der Waals surface area contributed by atoms with Crippen molar-refractivity contribution < 1.29 is 14.3 Å². The van der Waals surface area contributed by atoms with Crippen molar-refractivity contribution in [3.8, 4) is 0 Å². The van der Waals surface area contributed by atoms with E-state index in [1.54, 1.807) is 36.2 Å². The van der Waals surface area contributed by atoms with Crippen molar-refractivity contribution in [3.05, 3.63) is 58.3 Å². The van der Waals surface area contributed by atoms with E-state index in [2.05, 4.69) is 15.9 Å². The van der Waals surface area contributed by atoms with Gasteiger partial charge in [0.25, 0.3) is 0 Å². The Morgan fingerprint density at radius 1 is 1.21 bits per heavy atom. The maximum atomic E-state index is 13.2. The van der Waals surface area contributed by atoms with Crippen LogP contribution in [-0.4, -0.2) is 18.1 Å². The summed E-state index contributed by atoms with van der Waals surface area (Å²) in [5, 5.41) is 8.96. The molecule has 0 aliphatic carbocycles. The van der Waals surface area contributed by atoms with Gasteiger partial charge in [0, 0.05) is 22.9 Å². The summed E-state index contributed by atoms with van der Waals surface area (Å²) in [5.74, 6) is -1.31. The molecular weight excluding hydrogens is 313 g/mol. The number of carbonyl (C=O) groups is 1. The average Bonchev–Trinajstić information content (AvgIpc) is 2.37. The molecule has 0 fully saturated rings. The second-order valence-corrected chi connectivity index (χ2v) is 4.86. The lowest BCUT2D eigenvalue weighted by Gasteiger charge is -2.20. The summed E-state index contributed by atoms with van der Waals surface area (Å²) in [4.78, 5) is 12.7. The van der Waals surface area contributed by atoms with Crippen LogP contribution >= 0.6 is 15.9 Å². The number of carboxylic acid groups (broad SMARTS) is 1. The highest BCUT2D eigenvalue weighted by Crippen LogP contribution is 2.28. The molecule has 3 nitrogen and oxygen atoms in total. The van der Waals surface area contributed by atoms with Gasteiger partial charge in [-0.15, -0.1) is 0 Å². The SMILES string of the molecule is CN(c1cccc(F)c1)c1ccc(C(=O)O)c(Br)c1. The average molecular weight is 324 g/mol. The topological polar surface area (TPSA) is 40.5 Å². The molecule has 2 rings (SSSR count). The molecule has 0 heterocycles. The summed E-state index contributed by atoms with van der Waals surface area (Å²) in [7, 11) is 1.79. The molecule has 98 valence electrons. The Morgan fingerprint density at radius 2 is 1.89 bits per heavy atom. The molecule has 0 aromatic heterocycles. The molecule has 0 aliphatic rings. The number of hydrogen-bond donors (Lipinski definition) is 1. The summed E-state index contributed by atoms with van der Waals surface area (Å²) < 4.78 is 13.7. The number of halogens is 2. The minimum Gasteiger partial charge on any atom is -0.478 e. The number of benzene rings is 2. The zero-order chi connectivity index (χ0) is 14.0. The highest BCUT2D eigenvalue weighted by atomic mass is 79.9. The van der Waals surface area contributed by atoms with Gasteiger partial charge in [-0.25, -0.2) is 9.18 Å². The summed E-state index contributed by atoms with van der Waals surface area (Å²) in [6, 6.07) is 11.1. The molecule has 0 amide bonds. The lowest BCUT2D eigenvalue weighted by Crippen LogP contribution is -2.10. The Hall–Kier alpha value is -1.88. The largest absolute Gasteiger partial charge is 0.478 e. The van der Waals surface area contributed by atoms with Crippen LogP contribution in [-0.2, 0) is 0 Å². The molecule has 5 heteroatoms. The van der Waals surface area contributed by atoms with Gasteiger partial charge >= 0.3 is 5.97 Å². The van der Waals surface area contributed by atoms with Crippen LogP contribution in [0, 0.1) is 5.82 Å². The fourth-order valence-corrected chi connectivity index (χ4v) is 2.26. The maximum absolute atomic E-state index is 13.2. The predicted octanol–water partition coefficient (Wildman–Crippen LogP) is 4.05. The van der Waals surface area contributed by atoms with E-state index in [-0.39, 0.29) is 11.4 Å². The van der Waals surface area contributed by atoms with E-state index in [9.17, 15) is 9.18 Å². The van der Waals surface area contributed by atoms with Crippen LogP contribution in [0.15, 0.2) is 46.9 Å². The minimum absolute atomic E-state index is 0.191. The minimum atomic E-state index is -0.994. The quantitative estimate of drug-likeness (QED) is 0.926. The predicted molar refractivity (Wildman–Crippen MR) is 75.6 cm³/mol. The zero-order valence-electron chi connectivity index (χ0n) is 10.1. The summed E-state index contributed by atoms with van der Waals surface area (Å²) in [6.07, 6.45) is 0. The van der Waals surface area contributed by atoms with Crippen LogP contribution in [0.4, 0.5) is 15.8 Å². The third-order valence-corrected chi connectivity index (χ3v) is 3.42. The number of carboxylic acids is 1. The van der Waals surface area contributed by atoms with Crippen LogP contribution in [0.1, 0.15) is 10.4 Å². The molecular formula is C14H11BrFNO2. The first-order valence-corrected chi connectivity index (χ1v) is 6.30. The number of aromatic carboxylic acids is 1. The number of hydrogen-bond acceptors (Lipinski definition) is 2. The Morgan fingerprint density at radius 3 is 2.47 bits per heavy atom. The van der Waals surface area contributed by atoms with E-state index in [4.69, 9.17) is 5.11 Å². The molecule has 0 unspecified atom stereocenters. The van der Waals surface area contributed by atoms with E-state index < -0.39 is 5.97 Å². The van der Waals surface area contributed by atoms with Gasteiger partial charge in [-0.1, -0.05) is 6.07 Å². The van der Waals surface area contributed by atoms with Crippen molar-refractivity contribution in [2.24, 2.45) is 0 Å². The van der Waals surface area contributed by atoms with Gasteiger partial charge in [-0.3, -0.25) is 0 Å². The van der Waals surface area contributed by atoms with Gasteiger partial charge in [0.05, 0.1) is 5.56 Å². The number of anilines is 2. The van der Waals surface area contributed by atoms with Gasteiger partial charge in [-0.05, 0) is 52.3 Å². The zero-order valence-corrected chi connectivity index (χ0v) is 11.7. The van der Waals surface area contributed by atoms with E-state index in [0.717, 1.165) is 5.69 Å². The first-order valence-electron chi connectivity index (χ1n) is 5.51. The van der Waals surface area contributed by atoms with E-state index >= 15 is 0 Å². The van der Waals surface area contributed by atoms with Gasteiger partial charge in [0.15, 0.2) is 0 Å². The third-order valence-electron chi connectivity index (χ3n) is 2.77. The van der Waals surface area contributed by atoms with Crippen molar-refractivity contribution >= 4 is 33.3 Å². The van der Waals surface area contributed by atoms with Crippen molar-refractivity contribution in [1.82, 2.24) is 0 Å². The maximum Gasteiger partial charge on any atom is 0.336 e. The molecule has 0 bridgehead atoms. The Balaban J connectivity index is 2.37. The molecule has 0 saturated heterocycles.